The van der Waals surface area contributed by atoms with Crippen LogP contribution in [0, 0.1) is 0 Å². The monoisotopic (exact) mass is 276 g/mol. The van der Waals surface area contributed by atoms with Gasteiger partial charge < -0.3 is 15.8 Å². The van der Waals surface area contributed by atoms with Crippen molar-refractivity contribution >= 4 is 0 Å². The quantitative estimate of drug-likeness (QED) is 0.839. The van der Waals surface area contributed by atoms with Gasteiger partial charge in [0.2, 0.25) is 0 Å². The average molecular weight is 276 g/mol. The lowest BCUT2D eigenvalue weighted by molar-refractivity contribution is -0.126. The van der Waals surface area contributed by atoms with E-state index in [1.807, 2.05) is 13.8 Å². The Labute approximate surface area is 110 Å². The van der Waals surface area contributed by atoms with E-state index in [2.05, 4.69) is 5.32 Å². The molecule has 108 valence electrons. The van der Waals surface area contributed by atoms with Crippen molar-refractivity contribution in [1.29, 1.82) is 0 Å². The minimum atomic E-state index is -4.25. The van der Waals surface area contributed by atoms with E-state index in [0.717, 1.165) is 0 Å². The van der Waals surface area contributed by atoms with Crippen LogP contribution in [0.3, 0.4) is 0 Å². The summed E-state index contributed by atoms with van der Waals surface area (Å²) in [5.74, 6) is 0.625. The van der Waals surface area contributed by atoms with Crippen molar-refractivity contribution in [2.75, 3.05) is 13.1 Å². The normalized spacial score (nSPS) is 13.6. The molecule has 19 heavy (non-hydrogen) atoms. The molecule has 0 aliphatic heterocycles. The number of hydrogen-bond donors (Lipinski definition) is 2. The minimum absolute atomic E-state index is 0.00899. The molecule has 0 radical (unpaired) electrons. The Morgan fingerprint density at radius 1 is 1.32 bits per heavy atom. The Hall–Kier alpha value is -1.27. The molecular formula is C13H19F3N2O. The van der Waals surface area contributed by atoms with Crippen molar-refractivity contribution in [3.05, 3.63) is 29.8 Å². The summed E-state index contributed by atoms with van der Waals surface area (Å²) in [4.78, 5) is 0. The molecule has 1 aromatic rings. The van der Waals surface area contributed by atoms with Crippen LogP contribution in [0.5, 0.6) is 5.75 Å². The number of benzene rings is 1. The maximum Gasteiger partial charge on any atom is 0.401 e. The van der Waals surface area contributed by atoms with E-state index in [1.54, 1.807) is 24.3 Å². The molecule has 0 fully saturated rings. The van der Waals surface area contributed by atoms with Gasteiger partial charge in [-0.3, -0.25) is 0 Å². The molecule has 0 aliphatic carbocycles. The fourth-order valence-corrected chi connectivity index (χ4v) is 1.65. The molecule has 3 N–H and O–H groups in total. The highest BCUT2D eigenvalue weighted by Gasteiger charge is 2.28. The van der Waals surface area contributed by atoms with Crippen molar-refractivity contribution in [2.45, 2.75) is 32.2 Å². The zero-order valence-corrected chi connectivity index (χ0v) is 11.0. The second-order valence-electron chi connectivity index (χ2n) is 4.52. The number of halogens is 3. The summed E-state index contributed by atoms with van der Waals surface area (Å²) in [6, 6.07) is 6.40. The van der Waals surface area contributed by atoms with Gasteiger partial charge in [0.05, 0.1) is 12.6 Å². The second kappa shape index (κ2) is 6.77. The largest absolute Gasteiger partial charge is 0.491 e. The molecule has 3 nitrogen and oxygen atoms in total. The number of alkyl halides is 3. The lowest BCUT2D eigenvalue weighted by Crippen LogP contribution is -2.35. The third kappa shape index (κ3) is 5.94. The molecule has 0 saturated heterocycles. The van der Waals surface area contributed by atoms with Crippen molar-refractivity contribution in [1.82, 2.24) is 5.32 Å². The zero-order chi connectivity index (χ0) is 14.5. The predicted molar refractivity (Wildman–Crippen MR) is 68.1 cm³/mol. The van der Waals surface area contributed by atoms with E-state index in [0.29, 0.717) is 11.3 Å². The Morgan fingerprint density at radius 3 is 2.53 bits per heavy atom. The maximum atomic E-state index is 12.2. The molecule has 0 aliphatic rings. The summed E-state index contributed by atoms with van der Waals surface area (Å²) < 4.78 is 42.1. The van der Waals surface area contributed by atoms with Gasteiger partial charge in [-0.1, -0.05) is 12.1 Å². The summed E-state index contributed by atoms with van der Waals surface area (Å²) in [5, 5.41) is 2.40. The number of nitrogens with two attached hydrogens (primary N) is 1. The molecule has 1 rings (SSSR count). The smallest absolute Gasteiger partial charge is 0.401 e. The van der Waals surface area contributed by atoms with E-state index in [9.17, 15) is 13.2 Å². The van der Waals surface area contributed by atoms with Crippen LogP contribution in [0.1, 0.15) is 25.5 Å². The molecule has 0 bridgehead atoms. The molecular weight excluding hydrogens is 257 g/mol. The zero-order valence-electron chi connectivity index (χ0n) is 11.0. The number of nitrogens with one attached hydrogen (secondary N) is 1. The van der Waals surface area contributed by atoms with Gasteiger partial charge in [0, 0.05) is 12.6 Å². The topological polar surface area (TPSA) is 47.3 Å². The van der Waals surface area contributed by atoms with E-state index in [4.69, 9.17) is 10.5 Å². The Bertz CT molecular complexity index is 394. The highest BCUT2D eigenvalue weighted by Crippen LogP contribution is 2.21. The van der Waals surface area contributed by atoms with Crippen molar-refractivity contribution in [3.63, 3.8) is 0 Å². The van der Waals surface area contributed by atoms with Crippen LogP contribution < -0.4 is 15.8 Å². The summed E-state index contributed by atoms with van der Waals surface area (Å²) in [7, 11) is 0. The molecule has 0 saturated carbocycles. The third-order valence-corrected chi connectivity index (χ3v) is 2.42. The molecule has 6 heteroatoms. The standard InChI is InChI=1S/C13H19F3N2O/c1-9(2)19-11-5-3-4-10(6-11)12(7-17)18-8-13(14,15)16/h3-6,9,12,18H,7-8,17H2,1-2H3. The number of ether oxygens (including phenoxy) is 1. The summed E-state index contributed by atoms with van der Waals surface area (Å²) in [6.45, 7) is 2.79. The van der Waals surface area contributed by atoms with E-state index in [1.165, 1.54) is 0 Å². The lowest BCUT2D eigenvalue weighted by atomic mass is 10.1. The Morgan fingerprint density at radius 2 is 2.00 bits per heavy atom. The fourth-order valence-electron chi connectivity index (χ4n) is 1.65. The molecule has 1 atom stereocenters. The second-order valence-corrected chi connectivity index (χ2v) is 4.52. The van der Waals surface area contributed by atoms with Gasteiger partial charge in [-0.05, 0) is 31.5 Å². The van der Waals surface area contributed by atoms with Crippen LogP contribution in [0.25, 0.3) is 0 Å². The van der Waals surface area contributed by atoms with Crippen LogP contribution in [-0.2, 0) is 0 Å². The SMILES string of the molecule is CC(C)Oc1cccc(C(CN)NCC(F)(F)F)c1. The van der Waals surface area contributed by atoms with Gasteiger partial charge in [-0.25, -0.2) is 0 Å². The minimum Gasteiger partial charge on any atom is -0.491 e. The predicted octanol–water partition coefficient (Wildman–Crippen LogP) is 2.63. The van der Waals surface area contributed by atoms with Gasteiger partial charge >= 0.3 is 6.18 Å². The first-order chi connectivity index (χ1) is 8.81. The first-order valence-electron chi connectivity index (χ1n) is 6.08. The number of rotatable bonds is 6. The molecule has 1 aromatic carbocycles. The summed E-state index contributed by atoms with van der Waals surface area (Å²) in [6.07, 6.45) is -4.24. The van der Waals surface area contributed by atoms with Gasteiger partial charge in [-0.2, -0.15) is 13.2 Å². The Balaban J connectivity index is 2.75. The third-order valence-electron chi connectivity index (χ3n) is 2.42. The fraction of sp³-hybridized carbons (Fsp3) is 0.538. The van der Waals surface area contributed by atoms with Crippen molar-refractivity contribution < 1.29 is 17.9 Å². The van der Waals surface area contributed by atoms with E-state index >= 15 is 0 Å². The molecule has 0 aromatic heterocycles. The maximum absolute atomic E-state index is 12.2. The lowest BCUT2D eigenvalue weighted by Gasteiger charge is -2.19. The number of hydrogen-bond acceptors (Lipinski definition) is 3. The molecule has 0 heterocycles. The van der Waals surface area contributed by atoms with Crippen LogP contribution in [0.2, 0.25) is 0 Å². The van der Waals surface area contributed by atoms with Gasteiger partial charge in [0.25, 0.3) is 0 Å². The average Bonchev–Trinajstić information content (AvgIpc) is 2.28. The molecule has 0 amide bonds. The molecule has 0 spiro atoms. The Kier molecular flexibility index (Phi) is 5.62. The summed E-state index contributed by atoms with van der Waals surface area (Å²) >= 11 is 0. The first-order valence-corrected chi connectivity index (χ1v) is 6.08. The van der Waals surface area contributed by atoms with E-state index < -0.39 is 18.8 Å². The summed E-state index contributed by atoms with van der Waals surface area (Å²) in [5.41, 5.74) is 6.20. The molecule has 1 unspecified atom stereocenters. The van der Waals surface area contributed by atoms with Crippen molar-refractivity contribution in [3.8, 4) is 5.75 Å². The highest BCUT2D eigenvalue weighted by atomic mass is 19.4. The van der Waals surface area contributed by atoms with Crippen LogP contribution in [-0.4, -0.2) is 25.4 Å². The first kappa shape index (κ1) is 15.8. The van der Waals surface area contributed by atoms with Gasteiger partial charge in [0.15, 0.2) is 0 Å². The van der Waals surface area contributed by atoms with Gasteiger partial charge in [-0.15, -0.1) is 0 Å². The van der Waals surface area contributed by atoms with Gasteiger partial charge in [0.1, 0.15) is 5.75 Å². The van der Waals surface area contributed by atoms with E-state index in [-0.39, 0.29) is 12.6 Å². The highest BCUT2D eigenvalue weighted by molar-refractivity contribution is 5.31. The van der Waals surface area contributed by atoms with Crippen molar-refractivity contribution in [2.24, 2.45) is 5.73 Å². The van der Waals surface area contributed by atoms with Crippen LogP contribution in [0.15, 0.2) is 24.3 Å². The van der Waals surface area contributed by atoms with Crippen LogP contribution >= 0.6 is 0 Å². The van der Waals surface area contributed by atoms with Crippen LogP contribution in [0.4, 0.5) is 13.2 Å².